The van der Waals surface area contributed by atoms with Crippen molar-refractivity contribution in [1.29, 1.82) is 0 Å². The molecule has 0 unspecified atom stereocenters. The van der Waals surface area contributed by atoms with Crippen molar-refractivity contribution in [2.24, 2.45) is 5.41 Å². The highest BCUT2D eigenvalue weighted by atomic mass is 16.5. The quantitative estimate of drug-likeness (QED) is 0.568. The van der Waals surface area contributed by atoms with Crippen LogP contribution in [-0.4, -0.2) is 56.5 Å². The third kappa shape index (κ3) is 8.14. The van der Waals surface area contributed by atoms with Gasteiger partial charge in [0.25, 0.3) is 0 Å². The minimum atomic E-state index is -0.306. The molecule has 0 saturated carbocycles. The van der Waals surface area contributed by atoms with E-state index in [9.17, 15) is 0 Å². The molecule has 0 spiro atoms. The highest BCUT2D eigenvalue weighted by Crippen LogP contribution is 2.19. The molecule has 1 aromatic rings. The van der Waals surface area contributed by atoms with Crippen LogP contribution in [0.2, 0.25) is 0 Å². The molecule has 0 amide bonds. The number of hydrogen-bond acceptors (Lipinski definition) is 5. The van der Waals surface area contributed by atoms with Crippen LogP contribution in [0.15, 0.2) is 30.3 Å². The lowest BCUT2D eigenvalue weighted by molar-refractivity contribution is -0.0709. The smallest absolute Gasteiger partial charge is 0.0717 e. The van der Waals surface area contributed by atoms with Crippen LogP contribution in [0.3, 0.4) is 0 Å². The molecule has 0 atom stereocenters. The van der Waals surface area contributed by atoms with E-state index in [0.29, 0.717) is 39.6 Å². The summed E-state index contributed by atoms with van der Waals surface area (Å²) in [6.07, 6.45) is 0. The number of aliphatic hydroxyl groups is 2. The van der Waals surface area contributed by atoms with E-state index >= 15 is 0 Å². The van der Waals surface area contributed by atoms with Gasteiger partial charge in [-0.2, -0.15) is 0 Å². The summed E-state index contributed by atoms with van der Waals surface area (Å²) in [6.45, 7) is 4.50. The lowest BCUT2D eigenvalue weighted by atomic mass is 9.94. The molecule has 21 heavy (non-hydrogen) atoms. The number of rotatable bonds is 12. The molecule has 0 aromatic heterocycles. The van der Waals surface area contributed by atoms with Crippen LogP contribution in [-0.2, 0) is 20.8 Å². The highest BCUT2D eigenvalue weighted by Gasteiger charge is 2.25. The summed E-state index contributed by atoms with van der Waals surface area (Å²) in [7, 11) is 0. The monoisotopic (exact) mass is 298 g/mol. The molecule has 1 rings (SSSR count). The number of aliphatic hydroxyl groups excluding tert-OH is 2. The van der Waals surface area contributed by atoms with Crippen molar-refractivity contribution in [3.8, 4) is 0 Å². The zero-order valence-electron chi connectivity index (χ0n) is 12.7. The van der Waals surface area contributed by atoms with Crippen LogP contribution in [0.25, 0.3) is 0 Å². The second kappa shape index (κ2) is 10.7. The summed E-state index contributed by atoms with van der Waals surface area (Å²) in [5, 5.41) is 17.6. The van der Waals surface area contributed by atoms with E-state index in [-0.39, 0.29) is 18.6 Å². The Morgan fingerprint density at radius 3 is 1.90 bits per heavy atom. The summed E-state index contributed by atoms with van der Waals surface area (Å²) in [6, 6.07) is 9.96. The minimum Gasteiger partial charge on any atom is -0.394 e. The first-order valence-corrected chi connectivity index (χ1v) is 7.19. The molecule has 0 fully saturated rings. The van der Waals surface area contributed by atoms with Gasteiger partial charge in [0.05, 0.1) is 52.9 Å². The molecule has 0 aliphatic heterocycles. The Balaban J connectivity index is 2.39. The van der Waals surface area contributed by atoms with Gasteiger partial charge in [-0.1, -0.05) is 37.3 Å². The summed E-state index contributed by atoms with van der Waals surface area (Å²) in [5.74, 6) is 0. The summed E-state index contributed by atoms with van der Waals surface area (Å²) < 4.78 is 16.6. The molecular weight excluding hydrogens is 272 g/mol. The van der Waals surface area contributed by atoms with Crippen LogP contribution in [0, 0.1) is 5.41 Å². The predicted octanol–water partition coefficient (Wildman–Crippen LogP) is 1.23. The fourth-order valence-corrected chi connectivity index (χ4v) is 1.88. The average molecular weight is 298 g/mol. The van der Waals surface area contributed by atoms with Gasteiger partial charge in [0, 0.05) is 5.41 Å². The molecule has 0 radical (unpaired) electrons. The van der Waals surface area contributed by atoms with Crippen molar-refractivity contribution >= 4 is 0 Å². The zero-order chi connectivity index (χ0) is 15.4. The summed E-state index contributed by atoms with van der Waals surface area (Å²) in [5.41, 5.74) is 0.812. The average Bonchev–Trinajstić information content (AvgIpc) is 2.49. The SMILES string of the molecule is CC(COCCO)(COCCO)COCc1ccccc1. The van der Waals surface area contributed by atoms with Gasteiger partial charge in [-0.05, 0) is 5.56 Å². The Kier molecular flexibility index (Phi) is 9.21. The van der Waals surface area contributed by atoms with Gasteiger partial charge in [-0.25, -0.2) is 0 Å². The minimum absolute atomic E-state index is 0.00154. The van der Waals surface area contributed by atoms with E-state index in [0.717, 1.165) is 5.56 Å². The lowest BCUT2D eigenvalue weighted by Crippen LogP contribution is -2.35. The van der Waals surface area contributed by atoms with E-state index in [2.05, 4.69) is 0 Å². The fraction of sp³-hybridized carbons (Fsp3) is 0.625. The zero-order valence-corrected chi connectivity index (χ0v) is 12.7. The van der Waals surface area contributed by atoms with Crippen LogP contribution in [0.4, 0.5) is 0 Å². The third-order valence-corrected chi connectivity index (χ3v) is 2.93. The highest BCUT2D eigenvalue weighted by molar-refractivity contribution is 5.13. The van der Waals surface area contributed by atoms with Crippen molar-refractivity contribution < 1.29 is 24.4 Å². The molecule has 0 aliphatic rings. The van der Waals surface area contributed by atoms with Gasteiger partial charge in [0.15, 0.2) is 0 Å². The van der Waals surface area contributed by atoms with Crippen LogP contribution >= 0.6 is 0 Å². The van der Waals surface area contributed by atoms with Crippen molar-refractivity contribution in [3.63, 3.8) is 0 Å². The van der Waals surface area contributed by atoms with E-state index in [1.807, 2.05) is 37.3 Å². The van der Waals surface area contributed by atoms with Crippen molar-refractivity contribution in [1.82, 2.24) is 0 Å². The summed E-state index contributed by atoms with van der Waals surface area (Å²) >= 11 is 0. The van der Waals surface area contributed by atoms with Gasteiger partial charge in [0.1, 0.15) is 0 Å². The van der Waals surface area contributed by atoms with Crippen molar-refractivity contribution in [2.45, 2.75) is 13.5 Å². The molecule has 5 heteroatoms. The first kappa shape index (κ1) is 18.1. The molecular formula is C16H26O5. The molecule has 5 nitrogen and oxygen atoms in total. The van der Waals surface area contributed by atoms with Gasteiger partial charge in [-0.15, -0.1) is 0 Å². The standard InChI is InChI=1S/C16H26O5/c1-16(12-19-9-7-17,13-20-10-8-18)14-21-11-15-5-3-2-4-6-15/h2-6,17-18H,7-14H2,1H3. The largest absolute Gasteiger partial charge is 0.394 e. The van der Waals surface area contributed by atoms with E-state index in [4.69, 9.17) is 24.4 Å². The van der Waals surface area contributed by atoms with E-state index in [1.54, 1.807) is 0 Å². The Bertz CT molecular complexity index is 345. The summed E-state index contributed by atoms with van der Waals surface area (Å²) in [4.78, 5) is 0. The Morgan fingerprint density at radius 1 is 0.857 bits per heavy atom. The Hall–Kier alpha value is -0.980. The molecule has 0 saturated heterocycles. The Morgan fingerprint density at radius 2 is 1.38 bits per heavy atom. The van der Waals surface area contributed by atoms with Gasteiger partial charge in [0.2, 0.25) is 0 Å². The molecule has 2 N–H and O–H groups in total. The van der Waals surface area contributed by atoms with Gasteiger partial charge < -0.3 is 24.4 Å². The normalized spacial score (nSPS) is 11.8. The maximum atomic E-state index is 8.78. The topological polar surface area (TPSA) is 68.2 Å². The molecule has 120 valence electrons. The molecule has 0 heterocycles. The van der Waals surface area contributed by atoms with Crippen LogP contribution < -0.4 is 0 Å². The molecule has 0 aliphatic carbocycles. The van der Waals surface area contributed by atoms with E-state index in [1.165, 1.54) is 0 Å². The van der Waals surface area contributed by atoms with Crippen LogP contribution in [0.5, 0.6) is 0 Å². The first-order chi connectivity index (χ1) is 10.2. The fourth-order valence-electron chi connectivity index (χ4n) is 1.88. The van der Waals surface area contributed by atoms with Crippen molar-refractivity contribution in [2.75, 3.05) is 46.2 Å². The van der Waals surface area contributed by atoms with Crippen molar-refractivity contribution in [3.05, 3.63) is 35.9 Å². The van der Waals surface area contributed by atoms with E-state index < -0.39 is 0 Å². The Labute approximate surface area is 126 Å². The number of benzene rings is 1. The predicted molar refractivity (Wildman–Crippen MR) is 80.0 cm³/mol. The number of ether oxygens (including phenoxy) is 3. The van der Waals surface area contributed by atoms with Gasteiger partial charge in [-0.3, -0.25) is 0 Å². The van der Waals surface area contributed by atoms with Gasteiger partial charge >= 0.3 is 0 Å². The lowest BCUT2D eigenvalue weighted by Gasteiger charge is -2.28. The van der Waals surface area contributed by atoms with Crippen LogP contribution in [0.1, 0.15) is 12.5 Å². The second-order valence-electron chi connectivity index (χ2n) is 5.34. The number of hydrogen-bond donors (Lipinski definition) is 2. The second-order valence-corrected chi connectivity index (χ2v) is 5.34. The maximum absolute atomic E-state index is 8.78. The molecule has 1 aromatic carbocycles. The molecule has 0 bridgehead atoms. The third-order valence-electron chi connectivity index (χ3n) is 2.93. The first-order valence-electron chi connectivity index (χ1n) is 7.19. The maximum Gasteiger partial charge on any atom is 0.0717 e.